The summed E-state index contributed by atoms with van der Waals surface area (Å²) < 4.78 is 5.34. The van der Waals surface area contributed by atoms with Crippen LogP contribution in [0, 0.1) is 0 Å². The molecule has 2 atom stereocenters. The van der Waals surface area contributed by atoms with Gasteiger partial charge in [0.15, 0.2) is 0 Å². The van der Waals surface area contributed by atoms with Gasteiger partial charge in [0.2, 0.25) is 0 Å². The van der Waals surface area contributed by atoms with Gasteiger partial charge < -0.3 is 10.1 Å². The summed E-state index contributed by atoms with van der Waals surface area (Å²) in [5.41, 5.74) is 3.77. The zero-order chi connectivity index (χ0) is 15.0. The molecule has 1 aliphatic heterocycles. The Bertz CT molecular complexity index is 672. The second-order valence-corrected chi connectivity index (χ2v) is 6.17. The summed E-state index contributed by atoms with van der Waals surface area (Å²) in [6.45, 7) is 3.06. The van der Waals surface area contributed by atoms with E-state index in [1.54, 1.807) is 7.11 Å². The molecule has 1 aliphatic rings. The predicted molar refractivity (Wildman–Crippen MR) is 87.7 cm³/mol. The van der Waals surface area contributed by atoms with Crippen molar-refractivity contribution in [2.45, 2.75) is 18.9 Å². The number of nitrogens with one attached hydrogen (secondary N) is 1. The number of methoxy groups -OCH3 is 1. The summed E-state index contributed by atoms with van der Waals surface area (Å²) in [5, 5.41) is 4.73. The lowest BCUT2D eigenvalue weighted by Crippen LogP contribution is -2.32. The minimum absolute atomic E-state index is 0.275. The summed E-state index contributed by atoms with van der Waals surface area (Å²) in [7, 11) is 1.69. The van der Waals surface area contributed by atoms with E-state index in [-0.39, 0.29) is 5.92 Å². The highest BCUT2D eigenvalue weighted by Crippen LogP contribution is 2.37. The molecule has 0 saturated carbocycles. The van der Waals surface area contributed by atoms with Gasteiger partial charge in [0, 0.05) is 18.5 Å². The van der Waals surface area contributed by atoms with Crippen LogP contribution in [0.1, 0.15) is 35.6 Å². The number of hydrogen-bond donors (Lipinski definition) is 1. The fraction of sp³-hybridized carbons (Fsp3) is 0.294. The van der Waals surface area contributed by atoms with Crippen LogP contribution in [0.15, 0.2) is 36.4 Å². The second kappa shape index (κ2) is 5.88. The van der Waals surface area contributed by atoms with Crippen molar-refractivity contribution in [1.82, 2.24) is 5.32 Å². The Balaban J connectivity index is 2.06. The molecule has 0 saturated heterocycles. The molecule has 4 heteroatoms. The highest BCUT2D eigenvalue weighted by Gasteiger charge is 2.26. The third kappa shape index (κ3) is 2.76. The molecule has 2 aromatic carbocycles. The lowest BCUT2D eigenvalue weighted by molar-refractivity contribution is 0.411. The molecular weight excluding hydrogens is 305 g/mol. The number of fused-ring (bicyclic) bond motifs is 1. The molecule has 0 aliphatic carbocycles. The predicted octanol–water partition coefficient (Wildman–Crippen LogP) is 4.80. The Hall–Kier alpha value is -1.22. The Morgan fingerprint density at radius 1 is 1.05 bits per heavy atom. The number of benzene rings is 2. The highest BCUT2D eigenvalue weighted by molar-refractivity contribution is 6.42. The van der Waals surface area contributed by atoms with E-state index in [4.69, 9.17) is 27.9 Å². The third-order valence-corrected chi connectivity index (χ3v) is 4.85. The SMILES string of the molecule is COc1ccc2c(c1)C(C)NCC2c1ccc(Cl)c(Cl)c1. The Morgan fingerprint density at radius 3 is 2.57 bits per heavy atom. The largest absolute Gasteiger partial charge is 0.497 e. The monoisotopic (exact) mass is 321 g/mol. The lowest BCUT2D eigenvalue weighted by Gasteiger charge is -2.31. The molecule has 2 aromatic rings. The van der Waals surface area contributed by atoms with Crippen LogP contribution in [0.4, 0.5) is 0 Å². The Morgan fingerprint density at radius 2 is 1.86 bits per heavy atom. The summed E-state index contributed by atoms with van der Waals surface area (Å²) in [5.74, 6) is 1.16. The van der Waals surface area contributed by atoms with Crippen LogP contribution in [-0.4, -0.2) is 13.7 Å². The van der Waals surface area contributed by atoms with E-state index in [9.17, 15) is 0 Å². The number of hydrogen-bond acceptors (Lipinski definition) is 2. The number of rotatable bonds is 2. The van der Waals surface area contributed by atoms with Crippen LogP contribution in [-0.2, 0) is 0 Å². The second-order valence-electron chi connectivity index (χ2n) is 5.35. The highest BCUT2D eigenvalue weighted by atomic mass is 35.5. The summed E-state index contributed by atoms with van der Waals surface area (Å²) in [6, 6.07) is 12.5. The minimum Gasteiger partial charge on any atom is -0.497 e. The molecule has 3 rings (SSSR count). The molecular formula is C17H17Cl2NO. The maximum Gasteiger partial charge on any atom is 0.119 e. The topological polar surface area (TPSA) is 21.3 Å². The molecule has 0 fully saturated rings. The standard InChI is InChI=1S/C17H17Cl2NO/c1-10-14-8-12(21-2)4-5-13(14)15(9-20-10)11-3-6-16(18)17(19)7-11/h3-8,10,15,20H,9H2,1-2H3. The molecule has 0 bridgehead atoms. The average molecular weight is 322 g/mol. The molecule has 1 N–H and O–H groups in total. The molecule has 0 spiro atoms. The zero-order valence-corrected chi connectivity index (χ0v) is 13.5. The molecule has 0 amide bonds. The van der Waals surface area contributed by atoms with Crippen molar-refractivity contribution in [3.05, 3.63) is 63.1 Å². The van der Waals surface area contributed by atoms with E-state index >= 15 is 0 Å². The van der Waals surface area contributed by atoms with Crippen LogP contribution < -0.4 is 10.1 Å². The smallest absolute Gasteiger partial charge is 0.119 e. The van der Waals surface area contributed by atoms with Crippen LogP contribution in [0.3, 0.4) is 0 Å². The lowest BCUT2D eigenvalue weighted by atomic mass is 9.83. The van der Waals surface area contributed by atoms with Crippen LogP contribution in [0.2, 0.25) is 10.0 Å². The number of halogens is 2. The van der Waals surface area contributed by atoms with Crippen molar-refractivity contribution < 1.29 is 4.74 Å². The summed E-state index contributed by atoms with van der Waals surface area (Å²) in [4.78, 5) is 0. The van der Waals surface area contributed by atoms with Gasteiger partial charge in [-0.1, -0.05) is 35.3 Å². The normalized spacial score (nSPS) is 21.0. The number of ether oxygens (including phenoxy) is 1. The fourth-order valence-corrected chi connectivity index (χ4v) is 3.22. The van der Waals surface area contributed by atoms with Crippen molar-refractivity contribution in [3.8, 4) is 5.75 Å². The van der Waals surface area contributed by atoms with E-state index in [1.165, 1.54) is 16.7 Å². The van der Waals surface area contributed by atoms with Gasteiger partial charge >= 0.3 is 0 Å². The summed E-state index contributed by atoms with van der Waals surface area (Å²) >= 11 is 12.2. The molecule has 2 nitrogen and oxygen atoms in total. The van der Waals surface area contributed by atoms with Gasteiger partial charge in [0.25, 0.3) is 0 Å². The van der Waals surface area contributed by atoms with Gasteiger partial charge in [-0.2, -0.15) is 0 Å². The molecule has 0 radical (unpaired) electrons. The first kappa shape index (κ1) is 14.7. The van der Waals surface area contributed by atoms with E-state index in [0.29, 0.717) is 16.1 Å². The van der Waals surface area contributed by atoms with Crippen molar-refractivity contribution in [2.24, 2.45) is 0 Å². The van der Waals surface area contributed by atoms with Crippen molar-refractivity contribution >= 4 is 23.2 Å². The quantitative estimate of drug-likeness (QED) is 0.858. The van der Waals surface area contributed by atoms with Crippen LogP contribution in [0.5, 0.6) is 5.75 Å². The van der Waals surface area contributed by atoms with Gasteiger partial charge in [-0.05, 0) is 47.9 Å². The van der Waals surface area contributed by atoms with Crippen molar-refractivity contribution in [3.63, 3.8) is 0 Å². The third-order valence-electron chi connectivity index (χ3n) is 4.11. The maximum absolute atomic E-state index is 6.16. The van der Waals surface area contributed by atoms with Gasteiger partial charge in [0.1, 0.15) is 5.75 Å². The van der Waals surface area contributed by atoms with Gasteiger partial charge in [-0.3, -0.25) is 0 Å². The maximum atomic E-state index is 6.16. The van der Waals surface area contributed by atoms with Crippen molar-refractivity contribution in [2.75, 3.05) is 13.7 Å². The van der Waals surface area contributed by atoms with Crippen molar-refractivity contribution in [1.29, 1.82) is 0 Å². The Kier molecular flexibility index (Phi) is 4.12. The molecule has 110 valence electrons. The first-order valence-corrected chi connectivity index (χ1v) is 7.72. The van der Waals surface area contributed by atoms with E-state index in [1.807, 2.05) is 24.3 Å². The first-order chi connectivity index (χ1) is 10.1. The van der Waals surface area contributed by atoms with Crippen LogP contribution in [0.25, 0.3) is 0 Å². The molecule has 0 aromatic heterocycles. The minimum atomic E-state index is 0.275. The molecule has 1 heterocycles. The fourth-order valence-electron chi connectivity index (χ4n) is 2.91. The van der Waals surface area contributed by atoms with Gasteiger partial charge in [-0.15, -0.1) is 0 Å². The zero-order valence-electron chi connectivity index (χ0n) is 12.0. The first-order valence-electron chi connectivity index (χ1n) is 6.96. The molecule has 21 heavy (non-hydrogen) atoms. The molecule has 2 unspecified atom stereocenters. The van der Waals surface area contributed by atoms with Gasteiger partial charge in [0.05, 0.1) is 17.2 Å². The van der Waals surface area contributed by atoms with E-state index in [2.05, 4.69) is 24.4 Å². The Labute approximate surface area is 135 Å². The van der Waals surface area contributed by atoms with Gasteiger partial charge in [-0.25, -0.2) is 0 Å². The van der Waals surface area contributed by atoms with E-state index < -0.39 is 0 Å². The van der Waals surface area contributed by atoms with Crippen LogP contribution >= 0.6 is 23.2 Å². The summed E-state index contributed by atoms with van der Waals surface area (Å²) in [6.07, 6.45) is 0. The van der Waals surface area contributed by atoms with E-state index in [0.717, 1.165) is 12.3 Å². The average Bonchev–Trinajstić information content (AvgIpc) is 2.50.